The molecule has 0 atom stereocenters. The number of anilines is 1. The molecule has 1 fully saturated rings. The Kier molecular flexibility index (Phi) is 4.67. The fourth-order valence-corrected chi connectivity index (χ4v) is 2.23. The Morgan fingerprint density at radius 2 is 2.39 bits per heavy atom. The zero-order valence-corrected chi connectivity index (χ0v) is 12.8. The van der Waals surface area contributed by atoms with E-state index in [-0.39, 0.29) is 6.03 Å². The first-order valence-corrected chi connectivity index (χ1v) is 7.31. The van der Waals surface area contributed by atoms with Gasteiger partial charge in [0.2, 0.25) is 0 Å². The zero-order chi connectivity index (χ0) is 16.1. The molecule has 0 aliphatic carbocycles. The monoisotopic (exact) mass is 318 g/mol. The molecular weight excluding hydrogens is 300 g/mol. The molecule has 0 aromatic carbocycles. The second kappa shape index (κ2) is 7.05. The minimum Gasteiger partial charge on any atom is -0.377 e. The summed E-state index contributed by atoms with van der Waals surface area (Å²) in [4.78, 5) is 21.7. The van der Waals surface area contributed by atoms with Crippen LogP contribution in [0.5, 0.6) is 0 Å². The van der Waals surface area contributed by atoms with Crippen molar-refractivity contribution >= 4 is 11.8 Å². The molecule has 9 nitrogen and oxygen atoms in total. The zero-order valence-electron chi connectivity index (χ0n) is 12.8. The third kappa shape index (κ3) is 3.75. The van der Waals surface area contributed by atoms with Gasteiger partial charge in [-0.25, -0.2) is 9.78 Å². The van der Waals surface area contributed by atoms with Gasteiger partial charge in [-0.2, -0.15) is 4.98 Å². The van der Waals surface area contributed by atoms with Crippen LogP contribution in [0.15, 0.2) is 22.9 Å². The van der Waals surface area contributed by atoms with E-state index in [1.165, 1.54) is 0 Å². The summed E-state index contributed by atoms with van der Waals surface area (Å²) in [6.07, 6.45) is 1.66. The highest BCUT2D eigenvalue weighted by Gasteiger charge is 2.18. The molecule has 0 spiro atoms. The predicted octanol–water partition coefficient (Wildman–Crippen LogP) is 0.715. The molecule has 2 aromatic heterocycles. The molecule has 1 saturated heterocycles. The van der Waals surface area contributed by atoms with Gasteiger partial charge in [0.1, 0.15) is 12.4 Å². The summed E-state index contributed by atoms with van der Waals surface area (Å²) in [6, 6.07) is 3.67. The number of rotatable bonds is 7. The number of methoxy groups -OCH3 is 1. The summed E-state index contributed by atoms with van der Waals surface area (Å²) in [7, 11) is 1.57. The average Bonchev–Trinajstić information content (AvgIpc) is 3.18. The number of nitrogens with zero attached hydrogens (tertiary/aromatic N) is 4. The number of amides is 2. The molecule has 2 amide bonds. The van der Waals surface area contributed by atoms with Crippen LogP contribution in [0.2, 0.25) is 0 Å². The number of carbonyl (C=O) groups excluding carboxylic acids is 1. The summed E-state index contributed by atoms with van der Waals surface area (Å²) in [5.41, 5.74) is 0.740. The SMILES string of the molecule is COCc1noc(-c2ccc(NCCN3CCNC3=O)nc2)n1. The summed E-state index contributed by atoms with van der Waals surface area (Å²) in [6.45, 7) is 3.03. The predicted molar refractivity (Wildman–Crippen MR) is 81.7 cm³/mol. The number of hydrogen-bond acceptors (Lipinski definition) is 7. The van der Waals surface area contributed by atoms with Crippen LogP contribution < -0.4 is 10.6 Å². The quantitative estimate of drug-likeness (QED) is 0.774. The number of pyridine rings is 1. The van der Waals surface area contributed by atoms with Crippen molar-refractivity contribution < 1.29 is 14.1 Å². The minimum atomic E-state index is -0.0154. The van der Waals surface area contributed by atoms with E-state index in [9.17, 15) is 4.79 Å². The van der Waals surface area contributed by atoms with Gasteiger partial charge in [-0.15, -0.1) is 0 Å². The highest BCUT2D eigenvalue weighted by molar-refractivity contribution is 5.76. The van der Waals surface area contributed by atoms with Crippen LogP contribution in [0.25, 0.3) is 11.5 Å². The largest absolute Gasteiger partial charge is 0.377 e. The van der Waals surface area contributed by atoms with E-state index in [0.29, 0.717) is 38.0 Å². The van der Waals surface area contributed by atoms with Crippen molar-refractivity contribution in [3.63, 3.8) is 0 Å². The molecule has 9 heteroatoms. The van der Waals surface area contributed by atoms with Crippen LogP contribution >= 0.6 is 0 Å². The summed E-state index contributed by atoms with van der Waals surface area (Å²) < 4.78 is 10.1. The van der Waals surface area contributed by atoms with E-state index in [2.05, 4.69) is 25.8 Å². The van der Waals surface area contributed by atoms with Crippen LogP contribution in [0.4, 0.5) is 10.6 Å². The number of hydrogen-bond donors (Lipinski definition) is 2. The Bertz CT molecular complexity index is 657. The Morgan fingerprint density at radius 1 is 1.48 bits per heavy atom. The normalized spacial score (nSPS) is 14.1. The van der Waals surface area contributed by atoms with Crippen molar-refractivity contribution in [1.29, 1.82) is 0 Å². The molecule has 1 aliphatic rings. The molecule has 0 radical (unpaired) electrons. The summed E-state index contributed by atoms with van der Waals surface area (Å²) in [5.74, 6) is 1.63. The van der Waals surface area contributed by atoms with Gasteiger partial charge in [-0.1, -0.05) is 5.16 Å². The molecular formula is C14H18N6O3. The second-order valence-electron chi connectivity index (χ2n) is 5.03. The fraction of sp³-hybridized carbons (Fsp3) is 0.429. The molecule has 3 rings (SSSR count). The van der Waals surface area contributed by atoms with Crippen molar-refractivity contribution in [1.82, 2.24) is 25.3 Å². The van der Waals surface area contributed by atoms with Crippen molar-refractivity contribution in [2.75, 3.05) is 38.6 Å². The van der Waals surface area contributed by atoms with E-state index in [1.54, 1.807) is 18.2 Å². The van der Waals surface area contributed by atoms with Gasteiger partial charge < -0.3 is 24.8 Å². The highest BCUT2D eigenvalue weighted by Crippen LogP contribution is 2.17. The Labute approximate surface area is 133 Å². The van der Waals surface area contributed by atoms with Gasteiger partial charge >= 0.3 is 6.03 Å². The lowest BCUT2D eigenvalue weighted by atomic mass is 10.3. The third-order valence-corrected chi connectivity index (χ3v) is 3.38. The number of nitrogens with one attached hydrogen (secondary N) is 2. The smallest absolute Gasteiger partial charge is 0.317 e. The first-order chi connectivity index (χ1) is 11.3. The van der Waals surface area contributed by atoms with Crippen molar-refractivity contribution in [2.24, 2.45) is 0 Å². The van der Waals surface area contributed by atoms with Gasteiger partial charge in [0.05, 0.1) is 5.56 Å². The molecule has 122 valence electrons. The van der Waals surface area contributed by atoms with Crippen molar-refractivity contribution in [3.8, 4) is 11.5 Å². The van der Waals surface area contributed by atoms with Crippen molar-refractivity contribution in [3.05, 3.63) is 24.2 Å². The van der Waals surface area contributed by atoms with Crippen LogP contribution in [0.3, 0.4) is 0 Å². The lowest BCUT2D eigenvalue weighted by Crippen LogP contribution is -2.32. The molecule has 0 unspecified atom stereocenters. The second-order valence-corrected chi connectivity index (χ2v) is 5.03. The van der Waals surface area contributed by atoms with E-state index in [1.807, 2.05) is 12.1 Å². The van der Waals surface area contributed by atoms with Crippen LogP contribution in [-0.4, -0.2) is 59.3 Å². The van der Waals surface area contributed by atoms with E-state index in [0.717, 1.165) is 17.9 Å². The Balaban J connectivity index is 1.53. The molecule has 23 heavy (non-hydrogen) atoms. The van der Waals surface area contributed by atoms with Crippen molar-refractivity contribution in [2.45, 2.75) is 6.61 Å². The number of aromatic nitrogens is 3. The van der Waals surface area contributed by atoms with Gasteiger partial charge in [0.15, 0.2) is 5.82 Å². The number of ether oxygens (including phenoxy) is 1. The number of carbonyl (C=O) groups is 1. The van der Waals surface area contributed by atoms with Gasteiger partial charge in [0.25, 0.3) is 5.89 Å². The van der Waals surface area contributed by atoms with Crippen LogP contribution in [-0.2, 0) is 11.3 Å². The fourth-order valence-electron chi connectivity index (χ4n) is 2.23. The van der Waals surface area contributed by atoms with Crippen LogP contribution in [0, 0.1) is 0 Å². The standard InChI is InChI=1S/C14H18N6O3/c1-22-9-12-18-13(23-19-12)10-2-3-11(17-8-10)15-4-6-20-7-5-16-14(20)21/h2-3,8H,4-7,9H2,1H3,(H,15,17)(H,16,21). The maximum atomic E-state index is 11.4. The molecule has 0 bridgehead atoms. The van der Waals surface area contributed by atoms with Gasteiger partial charge in [-0.05, 0) is 12.1 Å². The first kappa shape index (κ1) is 15.2. The molecule has 2 aromatic rings. The third-order valence-electron chi connectivity index (χ3n) is 3.38. The topological polar surface area (TPSA) is 105 Å². The Morgan fingerprint density at radius 3 is 3.09 bits per heavy atom. The lowest BCUT2D eigenvalue weighted by Gasteiger charge is -2.14. The van der Waals surface area contributed by atoms with Gasteiger partial charge in [0, 0.05) is 39.5 Å². The van der Waals surface area contributed by atoms with Crippen LogP contribution in [0.1, 0.15) is 5.82 Å². The molecule has 2 N–H and O–H groups in total. The lowest BCUT2D eigenvalue weighted by molar-refractivity contribution is 0.174. The maximum absolute atomic E-state index is 11.4. The number of urea groups is 1. The molecule has 0 saturated carbocycles. The minimum absolute atomic E-state index is 0.0154. The van der Waals surface area contributed by atoms with E-state index < -0.39 is 0 Å². The maximum Gasteiger partial charge on any atom is 0.317 e. The summed E-state index contributed by atoms with van der Waals surface area (Å²) in [5, 5.41) is 9.75. The van der Waals surface area contributed by atoms with E-state index in [4.69, 9.17) is 9.26 Å². The first-order valence-electron chi connectivity index (χ1n) is 7.31. The van der Waals surface area contributed by atoms with Gasteiger partial charge in [-0.3, -0.25) is 0 Å². The summed E-state index contributed by atoms with van der Waals surface area (Å²) >= 11 is 0. The van der Waals surface area contributed by atoms with E-state index >= 15 is 0 Å². The molecule has 1 aliphatic heterocycles. The average molecular weight is 318 g/mol. The Hall–Kier alpha value is -2.68. The highest BCUT2D eigenvalue weighted by atomic mass is 16.5. The molecule has 3 heterocycles.